The van der Waals surface area contributed by atoms with Crippen molar-refractivity contribution in [3.05, 3.63) is 56.4 Å². The van der Waals surface area contributed by atoms with Crippen molar-refractivity contribution >= 4 is 21.6 Å². The van der Waals surface area contributed by atoms with Crippen LogP contribution in [-0.2, 0) is 13.1 Å². The van der Waals surface area contributed by atoms with Crippen molar-refractivity contribution in [3.63, 3.8) is 0 Å². The molecule has 5 nitrogen and oxygen atoms in total. The molecule has 0 amide bonds. The largest absolute Gasteiger partial charge is 0.494 e. The molecule has 0 N–H and O–H groups in total. The first-order valence-corrected chi connectivity index (χ1v) is 11.3. The summed E-state index contributed by atoms with van der Waals surface area (Å²) in [5.41, 5.74) is 2.35. The van der Waals surface area contributed by atoms with Gasteiger partial charge in [0.25, 0.3) is 5.56 Å². The number of aryl methyl sites for hydroxylation is 3. The van der Waals surface area contributed by atoms with Gasteiger partial charge in [-0.3, -0.25) is 14.3 Å². The van der Waals surface area contributed by atoms with E-state index in [4.69, 9.17) is 9.72 Å². The maximum absolute atomic E-state index is 13.3. The molecule has 0 spiro atoms. The summed E-state index contributed by atoms with van der Waals surface area (Å²) in [7, 11) is 0. The summed E-state index contributed by atoms with van der Waals surface area (Å²) in [6, 6.07) is 8.07. The van der Waals surface area contributed by atoms with Crippen LogP contribution in [0, 0.1) is 20.8 Å². The fraction of sp³-hybridized carbons (Fsp3) is 0.478. The Balaban J connectivity index is 1.55. The predicted molar refractivity (Wildman–Crippen MR) is 119 cm³/mol. The number of hydrogen-bond donors (Lipinski definition) is 0. The lowest BCUT2D eigenvalue weighted by molar-refractivity contribution is 0.290. The van der Waals surface area contributed by atoms with Gasteiger partial charge in [-0.05, 0) is 76.4 Å². The van der Waals surface area contributed by atoms with Crippen molar-refractivity contribution in [1.29, 1.82) is 0 Å². The average molecular weight is 412 g/mol. The second-order valence-corrected chi connectivity index (χ2v) is 9.15. The molecule has 1 aromatic carbocycles. The number of rotatable bonds is 7. The topological polar surface area (TPSA) is 47.4 Å². The molecule has 0 atom stereocenters. The molecular formula is C23H29N3O2S. The Morgan fingerprint density at radius 3 is 2.72 bits per heavy atom. The van der Waals surface area contributed by atoms with Gasteiger partial charge >= 0.3 is 0 Å². The van der Waals surface area contributed by atoms with Crippen molar-refractivity contribution in [2.75, 3.05) is 19.7 Å². The maximum atomic E-state index is 13.3. The van der Waals surface area contributed by atoms with Crippen molar-refractivity contribution in [1.82, 2.24) is 14.5 Å². The Morgan fingerprint density at radius 1 is 1.17 bits per heavy atom. The van der Waals surface area contributed by atoms with E-state index in [2.05, 4.69) is 24.8 Å². The fourth-order valence-electron chi connectivity index (χ4n) is 3.98. The lowest BCUT2D eigenvalue weighted by atomic mass is 10.2. The highest BCUT2D eigenvalue weighted by atomic mass is 32.1. The molecule has 0 bridgehead atoms. The quantitative estimate of drug-likeness (QED) is 0.539. The van der Waals surface area contributed by atoms with Crippen LogP contribution in [0.15, 0.2) is 29.1 Å². The summed E-state index contributed by atoms with van der Waals surface area (Å²) in [4.78, 5) is 22.7. The summed E-state index contributed by atoms with van der Waals surface area (Å²) in [6.07, 6.45) is 3.23. The highest BCUT2D eigenvalue weighted by Gasteiger charge is 2.19. The first kappa shape index (κ1) is 20.1. The summed E-state index contributed by atoms with van der Waals surface area (Å²) in [5, 5.41) is 0.789. The van der Waals surface area contributed by atoms with E-state index in [0.717, 1.165) is 53.4 Å². The molecule has 2 aromatic heterocycles. The van der Waals surface area contributed by atoms with Gasteiger partial charge in [0.2, 0.25) is 0 Å². The summed E-state index contributed by atoms with van der Waals surface area (Å²) in [6.45, 7) is 10.3. The maximum Gasteiger partial charge on any atom is 0.262 e. The van der Waals surface area contributed by atoms with Crippen molar-refractivity contribution in [2.24, 2.45) is 0 Å². The van der Waals surface area contributed by atoms with E-state index in [1.165, 1.54) is 23.3 Å². The van der Waals surface area contributed by atoms with Gasteiger partial charge in [-0.15, -0.1) is 11.3 Å². The number of hydrogen-bond acceptors (Lipinski definition) is 5. The van der Waals surface area contributed by atoms with Crippen molar-refractivity contribution in [3.8, 4) is 5.75 Å². The van der Waals surface area contributed by atoms with Crippen LogP contribution in [0.4, 0.5) is 0 Å². The zero-order valence-electron chi connectivity index (χ0n) is 17.5. The van der Waals surface area contributed by atoms with Crippen LogP contribution in [0.3, 0.4) is 0 Å². The van der Waals surface area contributed by atoms with Crippen LogP contribution in [0.2, 0.25) is 0 Å². The number of thiophene rings is 1. The standard InChI is InChI=1S/C23H29N3O2S/c1-16-8-6-9-19(14-16)28-13-7-12-26-20(15-25-10-4-5-11-25)24-22-21(23(26)27)17(2)18(3)29-22/h6,8-9,14H,4-5,7,10-13,15H2,1-3H3. The minimum absolute atomic E-state index is 0.0987. The van der Waals surface area contributed by atoms with E-state index in [1.54, 1.807) is 11.3 Å². The minimum atomic E-state index is 0.0987. The van der Waals surface area contributed by atoms with Crippen LogP contribution in [0.1, 0.15) is 41.1 Å². The zero-order valence-corrected chi connectivity index (χ0v) is 18.3. The van der Waals surface area contributed by atoms with Gasteiger partial charge in [0.15, 0.2) is 0 Å². The Morgan fingerprint density at radius 2 is 1.97 bits per heavy atom. The molecule has 29 heavy (non-hydrogen) atoms. The number of benzene rings is 1. The molecule has 3 heterocycles. The molecule has 0 saturated carbocycles. The molecule has 1 aliphatic heterocycles. The molecule has 0 aliphatic carbocycles. The normalized spacial score (nSPS) is 14.7. The first-order valence-electron chi connectivity index (χ1n) is 10.4. The summed E-state index contributed by atoms with van der Waals surface area (Å²) in [5.74, 6) is 1.77. The molecule has 0 unspecified atom stereocenters. The highest BCUT2D eigenvalue weighted by molar-refractivity contribution is 7.18. The molecule has 3 aromatic rings. The second-order valence-electron chi connectivity index (χ2n) is 7.95. The Bertz CT molecular complexity index is 1060. The molecular weight excluding hydrogens is 382 g/mol. The Kier molecular flexibility index (Phi) is 6.01. The van der Waals surface area contributed by atoms with Crippen LogP contribution in [-0.4, -0.2) is 34.1 Å². The number of likely N-dealkylation sites (tertiary alicyclic amines) is 1. The van der Waals surface area contributed by atoms with Crippen LogP contribution in [0.5, 0.6) is 5.75 Å². The van der Waals surface area contributed by atoms with Gasteiger partial charge in [-0.1, -0.05) is 12.1 Å². The van der Waals surface area contributed by atoms with Gasteiger partial charge in [-0.25, -0.2) is 4.98 Å². The molecule has 4 rings (SSSR count). The van der Waals surface area contributed by atoms with Crippen LogP contribution in [0.25, 0.3) is 10.2 Å². The second kappa shape index (κ2) is 8.67. The van der Waals surface area contributed by atoms with Crippen molar-refractivity contribution < 1.29 is 4.74 Å². The fourth-order valence-corrected chi connectivity index (χ4v) is 5.02. The van der Waals surface area contributed by atoms with Crippen LogP contribution < -0.4 is 10.3 Å². The molecule has 154 valence electrons. The molecule has 6 heteroatoms. The monoisotopic (exact) mass is 411 g/mol. The Hall–Kier alpha value is -2.18. The third kappa shape index (κ3) is 4.38. The number of aromatic nitrogens is 2. The average Bonchev–Trinajstić information content (AvgIpc) is 3.29. The van der Waals surface area contributed by atoms with E-state index in [9.17, 15) is 4.79 Å². The van der Waals surface area contributed by atoms with Gasteiger partial charge in [0, 0.05) is 11.4 Å². The lowest BCUT2D eigenvalue weighted by Gasteiger charge is -2.18. The van der Waals surface area contributed by atoms with E-state index < -0.39 is 0 Å². The highest BCUT2D eigenvalue weighted by Crippen LogP contribution is 2.27. The molecule has 1 fully saturated rings. The molecule has 0 radical (unpaired) electrons. The molecule has 1 saturated heterocycles. The number of ether oxygens (including phenoxy) is 1. The summed E-state index contributed by atoms with van der Waals surface area (Å²) < 4.78 is 7.78. The van der Waals surface area contributed by atoms with Crippen LogP contribution >= 0.6 is 11.3 Å². The van der Waals surface area contributed by atoms with E-state index in [0.29, 0.717) is 13.2 Å². The van der Waals surface area contributed by atoms with Gasteiger partial charge < -0.3 is 4.74 Å². The predicted octanol–water partition coefficient (Wildman–Crippen LogP) is 4.45. The van der Waals surface area contributed by atoms with Crippen molar-refractivity contribution in [2.45, 2.75) is 53.1 Å². The number of fused-ring (bicyclic) bond motifs is 1. The van der Waals surface area contributed by atoms with Gasteiger partial charge in [0.05, 0.1) is 18.5 Å². The van der Waals surface area contributed by atoms with E-state index >= 15 is 0 Å². The zero-order chi connectivity index (χ0) is 20.4. The first-order chi connectivity index (χ1) is 14.0. The van der Waals surface area contributed by atoms with E-state index in [1.807, 2.05) is 29.7 Å². The summed E-state index contributed by atoms with van der Waals surface area (Å²) >= 11 is 1.63. The number of nitrogens with zero attached hydrogens (tertiary/aromatic N) is 3. The van der Waals surface area contributed by atoms with Gasteiger partial charge in [-0.2, -0.15) is 0 Å². The minimum Gasteiger partial charge on any atom is -0.494 e. The third-order valence-corrected chi connectivity index (χ3v) is 6.82. The van der Waals surface area contributed by atoms with E-state index in [-0.39, 0.29) is 5.56 Å². The SMILES string of the molecule is Cc1cccc(OCCCn2c(CN3CCCC3)nc3sc(C)c(C)c3c2=O)c1. The molecule has 1 aliphatic rings. The smallest absolute Gasteiger partial charge is 0.262 e. The Labute approximate surface area is 176 Å². The third-order valence-electron chi connectivity index (χ3n) is 5.72. The lowest BCUT2D eigenvalue weighted by Crippen LogP contribution is -2.30. The van der Waals surface area contributed by atoms with Gasteiger partial charge in [0.1, 0.15) is 16.4 Å².